The van der Waals surface area contributed by atoms with E-state index >= 15 is 4.39 Å². The summed E-state index contributed by atoms with van der Waals surface area (Å²) in [6.45, 7) is -0.455. The van der Waals surface area contributed by atoms with E-state index in [1.54, 1.807) is 18.2 Å². The van der Waals surface area contributed by atoms with Crippen molar-refractivity contribution < 1.29 is 58.9 Å². The quantitative estimate of drug-likeness (QED) is 0.187. The number of benzene rings is 4. The first-order chi connectivity index (χ1) is 20.6. The van der Waals surface area contributed by atoms with Crippen LogP contribution in [-0.4, -0.2) is 18.2 Å². The topological polar surface area (TPSA) is 99.9 Å². The average molecular weight is 626 g/mol. The number of primary amides is 1. The van der Waals surface area contributed by atoms with Gasteiger partial charge in [0.1, 0.15) is 46.5 Å². The van der Waals surface area contributed by atoms with E-state index in [1.807, 2.05) is 0 Å². The fourth-order valence-electron chi connectivity index (χ4n) is 3.83. The van der Waals surface area contributed by atoms with E-state index < -0.39 is 76.5 Å². The highest BCUT2D eigenvalue weighted by atomic mass is 19.4. The lowest BCUT2D eigenvalue weighted by Crippen LogP contribution is -2.21. The van der Waals surface area contributed by atoms with Gasteiger partial charge in [-0.25, -0.2) is 8.78 Å². The molecule has 0 aliphatic rings. The molecule has 0 spiro atoms. The Morgan fingerprint density at radius 1 is 0.795 bits per heavy atom. The Bertz CT molecular complexity index is 1670. The fraction of sp³-hybridized carbons (Fsp3) is 0.103. The monoisotopic (exact) mass is 626 g/mol. The highest BCUT2D eigenvalue weighted by Gasteiger charge is 2.42. The van der Waals surface area contributed by atoms with Gasteiger partial charge >= 0.3 is 12.5 Å². The maximum Gasteiger partial charge on any atom is 0.573 e. The van der Waals surface area contributed by atoms with Gasteiger partial charge in [0.15, 0.2) is 5.82 Å². The minimum absolute atomic E-state index is 0.334. The van der Waals surface area contributed by atoms with Crippen LogP contribution in [0.2, 0.25) is 0 Å². The van der Waals surface area contributed by atoms with Crippen LogP contribution in [0.5, 0.6) is 23.0 Å². The van der Waals surface area contributed by atoms with Gasteiger partial charge in [-0.3, -0.25) is 9.59 Å². The molecule has 0 unspecified atom stereocenters. The zero-order valence-corrected chi connectivity index (χ0v) is 21.9. The van der Waals surface area contributed by atoms with E-state index in [0.29, 0.717) is 11.6 Å². The predicted molar refractivity (Wildman–Crippen MR) is 138 cm³/mol. The maximum absolute atomic E-state index is 15.8. The lowest BCUT2D eigenvalue weighted by molar-refractivity contribution is -0.274. The summed E-state index contributed by atoms with van der Waals surface area (Å²) >= 11 is 0. The molecule has 0 bridgehead atoms. The third-order valence-corrected chi connectivity index (χ3v) is 5.72. The van der Waals surface area contributed by atoms with E-state index in [1.165, 1.54) is 12.1 Å². The number of nitrogens with one attached hydrogen (secondary N) is 1. The fourth-order valence-corrected chi connectivity index (χ4v) is 3.83. The number of carbonyl (C=O) groups excluding carboxylic acids is 2. The number of carbonyl (C=O) groups is 2. The number of hydrogen-bond donors (Lipinski definition) is 2. The molecule has 3 N–H and O–H groups in total. The Morgan fingerprint density at radius 3 is 2.02 bits per heavy atom. The molecule has 230 valence electrons. The summed E-state index contributed by atoms with van der Waals surface area (Å²) in [7, 11) is 0. The Balaban J connectivity index is 1.80. The first-order valence-corrected chi connectivity index (χ1v) is 12.2. The number of amides is 2. The van der Waals surface area contributed by atoms with E-state index in [-0.39, 0.29) is 11.4 Å². The normalized spacial score (nSPS) is 11.5. The Morgan fingerprint density at radius 2 is 1.43 bits per heavy atom. The molecule has 0 radical (unpaired) electrons. The first kappa shape index (κ1) is 31.6. The summed E-state index contributed by atoms with van der Waals surface area (Å²) in [5, 5.41) is 2.05. The van der Waals surface area contributed by atoms with Gasteiger partial charge in [-0.05, 0) is 48.0 Å². The number of anilines is 1. The van der Waals surface area contributed by atoms with E-state index in [0.717, 1.165) is 42.5 Å². The van der Waals surface area contributed by atoms with Crippen molar-refractivity contribution in [1.29, 1.82) is 0 Å². The number of nitrogens with two attached hydrogens (primary N) is 1. The Hall–Kier alpha value is -5.34. The van der Waals surface area contributed by atoms with E-state index in [2.05, 4.69) is 10.1 Å². The van der Waals surface area contributed by atoms with Crippen molar-refractivity contribution in [2.75, 3.05) is 5.32 Å². The van der Waals surface area contributed by atoms with Gasteiger partial charge in [0.25, 0.3) is 11.8 Å². The number of alkyl halides is 6. The Kier molecular flexibility index (Phi) is 8.97. The largest absolute Gasteiger partial charge is 0.573 e. The van der Waals surface area contributed by atoms with Gasteiger partial charge in [-0.15, -0.1) is 13.2 Å². The molecule has 0 aliphatic carbocycles. The van der Waals surface area contributed by atoms with Gasteiger partial charge in [0.2, 0.25) is 0 Å². The van der Waals surface area contributed by atoms with Crippen molar-refractivity contribution >= 4 is 17.5 Å². The van der Waals surface area contributed by atoms with Crippen LogP contribution in [-0.2, 0) is 12.8 Å². The van der Waals surface area contributed by atoms with Crippen molar-refractivity contribution in [1.82, 2.24) is 0 Å². The highest BCUT2D eigenvalue weighted by Crippen LogP contribution is 2.44. The molecule has 4 aromatic rings. The molecular formula is C29H18F8N2O5. The van der Waals surface area contributed by atoms with Crippen LogP contribution < -0.4 is 25.3 Å². The summed E-state index contributed by atoms with van der Waals surface area (Å²) in [5.41, 5.74) is 1.20. The molecule has 7 nitrogen and oxygen atoms in total. The van der Waals surface area contributed by atoms with Crippen molar-refractivity contribution in [3.63, 3.8) is 0 Å². The molecule has 0 saturated heterocycles. The smallest absolute Gasteiger partial charge is 0.488 e. The average Bonchev–Trinajstić information content (AvgIpc) is 2.92. The van der Waals surface area contributed by atoms with E-state index in [4.69, 9.17) is 15.2 Å². The van der Waals surface area contributed by atoms with Crippen molar-refractivity contribution in [3.8, 4) is 23.0 Å². The summed E-state index contributed by atoms with van der Waals surface area (Å²) in [4.78, 5) is 24.7. The van der Waals surface area contributed by atoms with Gasteiger partial charge in [0.05, 0.1) is 5.56 Å². The third-order valence-electron chi connectivity index (χ3n) is 5.72. The molecule has 4 rings (SSSR count). The maximum atomic E-state index is 15.8. The molecule has 0 aromatic heterocycles. The lowest BCUT2D eigenvalue weighted by Gasteiger charge is -2.20. The molecule has 44 heavy (non-hydrogen) atoms. The molecule has 0 heterocycles. The van der Waals surface area contributed by atoms with Crippen molar-refractivity contribution in [2.24, 2.45) is 5.73 Å². The second-order valence-corrected chi connectivity index (χ2v) is 8.84. The second-order valence-electron chi connectivity index (χ2n) is 8.84. The van der Waals surface area contributed by atoms with Crippen LogP contribution >= 0.6 is 0 Å². The first-order valence-electron chi connectivity index (χ1n) is 12.2. The molecule has 0 fully saturated rings. The molecule has 15 heteroatoms. The van der Waals surface area contributed by atoms with Gasteiger partial charge in [-0.2, -0.15) is 13.2 Å². The number of hydrogen-bond acceptors (Lipinski definition) is 5. The van der Waals surface area contributed by atoms with Gasteiger partial charge < -0.3 is 25.3 Å². The van der Waals surface area contributed by atoms with Crippen LogP contribution in [0, 0.1) is 11.6 Å². The van der Waals surface area contributed by atoms with Crippen LogP contribution in [0.25, 0.3) is 0 Å². The summed E-state index contributed by atoms with van der Waals surface area (Å²) in [6, 6.07) is 14.3. The molecule has 0 atom stereocenters. The molecule has 4 aromatic carbocycles. The molecule has 0 aliphatic heterocycles. The predicted octanol–water partition coefficient (Wildman–Crippen LogP) is 7.60. The minimum Gasteiger partial charge on any atom is -0.488 e. The minimum atomic E-state index is -5.39. The molecule has 0 saturated carbocycles. The second kappa shape index (κ2) is 12.5. The summed E-state index contributed by atoms with van der Waals surface area (Å²) in [5.74, 6) is -8.86. The SMILES string of the molecule is NC(=O)c1cc(NC(=O)c2c(Oc3ccc(OC(F)(F)F)cc3)cc(OCc3ccccc3)c(C(F)(F)F)c2F)ccc1F. The van der Waals surface area contributed by atoms with Crippen molar-refractivity contribution in [3.05, 3.63) is 113 Å². The van der Waals surface area contributed by atoms with Gasteiger partial charge in [-0.1, -0.05) is 30.3 Å². The molecule has 2 amide bonds. The van der Waals surface area contributed by atoms with Crippen LogP contribution in [0.15, 0.2) is 78.9 Å². The van der Waals surface area contributed by atoms with Crippen LogP contribution in [0.1, 0.15) is 31.8 Å². The number of rotatable bonds is 9. The zero-order chi connectivity index (χ0) is 32.2. The highest BCUT2D eigenvalue weighted by molar-refractivity contribution is 6.07. The molecular weight excluding hydrogens is 608 g/mol. The van der Waals surface area contributed by atoms with Crippen LogP contribution in [0.3, 0.4) is 0 Å². The Labute approximate surface area is 242 Å². The lowest BCUT2D eigenvalue weighted by atomic mass is 10.0. The summed E-state index contributed by atoms with van der Waals surface area (Å²) in [6.07, 6.45) is -10.4. The van der Waals surface area contributed by atoms with E-state index in [9.17, 15) is 40.3 Å². The van der Waals surface area contributed by atoms with Gasteiger partial charge in [0, 0.05) is 11.8 Å². The third kappa shape index (κ3) is 7.73. The van der Waals surface area contributed by atoms with Crippen LogP contribution in [0.4, 0.5) is 40.8 Å². The standard InChI is InChI=1S/C29H18F8N2O5/c30-20-11-6-16(12-19(20)26(38)40)39-27(41)23-21(43-17-7-9-18(10-8-17)44-29(35,36)37)13-22(24(25(23)31)28(32,33)34)42-14-15-4-2-1-3-5-15/h1-13H,14H2,(H2,38,40)(H,39,41). The zero-order valence-electron chi connectivity index (χ0n) is 21.9. The van der Waals surface area contributed by atoms with Crippen molar-refractivity contribution in [2.45, 2.75) is 19.1 Å². The number of halogens is 8. The number of ether oxygens (including phenoxy) is 3. The summed E-state index contributed by atoms with van der Waals surface area (Å²) < 4.78 is 124.